The molecular formula is C14H20N2O. The zero-order valence-corrected chi connectivity index (χ0v) is 10.5. The third-order valence-corrected chi connectivity index (χ3v) is 3.34. The van der Waals surface area contributed by atoms with E-state index < -0.39 is 0 Å². The molecule has 3 heteroatoms. The second kappa shape index (κ2) is 5.32. The summed E-state index contributed by atoms with van der Waals surface area (Å²) in [6.45, 7) is 5.93. The average Bonchev–Trinajstić information content (AvgIpc) is 2.30. The van der Waals surface area contributed by atoms with Crippen molar-refractivity contribution < 1.29 is 4.79 Å². The first-order valence-electron chi connectivity index (χ1n) is 6.26. The molecular weight excluding hydrogens is 212 g/mol. The lowest BCUT2D eigenvalue weighted by molar-refractivity contribution is 0.0929. The molecule has 1 amide bonds. The lowest BCUT2D eigenvalue weighted by Crippen LogP contribution is -2.45. The smallest absolute Gasteiger partial charge is 0.252 e. The molecule has 1 heterocycles. The maximum Gasteiger partial charge on any atom is 0.252 e. The third-order valence-electron chi connectivity index (χ3n) is 3.34. The lowest BCUT2D eigenvalue weighted by Gasteiger charge is -2.24. The molecule has 0 bridgehead atoms. The molecule has 92 valence electrons. The molecule has 2 rings (SSSR count). The number of hydrogen-bond acceptors (Lipinski definition) is 2. The van der Waals surface area contributed by atoms with Crippen LogP contribution in [0, 0.1) is 13.8 Å². The summed E-state index contributed by atoms with van der Waals surface area (Å²) in [6.07, 6.45) is 2.21. The number of amides is 1. The van der Waals surface area contributed by atoms with Gasteiger partial charge in [0.15, 0.2) is 0 Å². The van der Waals surface area contributed by atoms with Crippen molar-refractivity contribution in [3.63, 3.8) is 0 Å². The van der Waals surface area contributed by atoms with Gasteiger partial charge in [-0.15, -0.1) is 0 Å². The molecule has 0 radical (unpaired) electrons. The molecule has 1 fully saturated rings. The Bertz CT molecular complexity index is 388. The van der Waals surface area contributed by atoms with Gasteiger partial charge in [0.05, 0.1) is 0 Å². The quantitative estimate of drug-likeness (QED) is 0.816. The first-order valence-corrected chi connectivity index (χ1v) is 6.26. The van der Waals surface area contributed by atoms with Crippen LogP contribution in [-0.4, -0.2) is 25.0 Å². The Kier molecular flexibility index (Phi) is 3.79. The largest absolute Gasteiger partial charge is 0.348 e. The molecule has 0 spiro atoms. The van der Waals surface area contributed by atoms with E-state index in [9.17, 15) is 4.79 Å². The summed E-state index contributed by atoms with van der Waals surface area (Å²) in [5.41, 5.74) is 2.93. The van der Waals surface area contributed by atoms with Gasteiger partial charge in [-0.2, -0.15) is 0 Å². The fourth-order valence-electron chi connectivity index (χ4n) is 2.41. The Morgan fingerprint density at radius 3 is 2.65 bits per heavy atom. The predicted octanol–water partition coefficient (Wildman–Crippen LogP) is 1.79. The van der Waals surface area contributed by atoms with Crippen molar-refractivity contribution in [2.45, 2.75) is 32.7 Å². The van der Waals surface area contributed by atoms with Crippen molar-refractivity contribution in [2.24, 2.45) is 0 Å². The number of carbonyl (C=O) groups excluding carboxylic acids is 1. The molecule has 2 N–H and O–H groups in total. The van der Waals surface area contributed by atoms with Gasteiger partial charge in [-0.05, 0) is 44.4 Å². The maximum absolute atomic E-state index is 12.2. The van der Waals surface area contributed by atoms with Crippen LogP contribution in [-0.2, 0) is 0 Å². The number of aryl methyl sites for hydroxylation is 2. The molecule has 17 heavy (non-hydrogen) atoms. The lowest BCUT2D eigenvalue weighted by atomic mass is 10.0. The monoisotopic (exact) mass is 232 g/mol. The van der Waals surface area contributed by atoms with Gasteiger partial charge < -0.3 is 10.6 Å². The fourth-order valence-corrected chi connectivity index (χ4v) is 2.41. The zero-order chi connectivity index (χ0) is 12.3. The van der Waals surface area contributed by atoms with E-state index in [0.29, 0.717) is 0 Å². The third kappa shape index (κ3) is 2.86. The van der Waals surface area contributed by atoms with Crippen LogP contribution in [0.2, 0.25) is 0 Å². The molecule has 0 aliphatic carbocycles. The molecule has 0 saturated carbocycles. The molecule has 0 aromatic heterocycles. The molecule has 3 nitrogen and oxygen atoms in total. The van der Waals surface area contributed by atoms with Crippen LogP contribution in [0.1, 0.15) is 34.3 Å². The zero-order valence-electron chi connectivity index (χ0n) is 10.5. The van der Waals surface area contributed by atoms with Crippen molar-refractivity contribution in [1.82, 2.24) is 10.6 Å². The standard InChI is InChI=1S/C14H20N2O/c1-10-5-3-6-11(2)13(10)14(17)16-12-7-4-8-15-9-12/h3,5-6,12,15H,4,7-9H2,1-2H3,(H,16,17)/t12-/m1/s1. The Hall–Kier alpha value is -1.35. The maximum atomic E-state index is 12.2. The molecule has 1 aromatic carbocycles. The summed E-state index contributed by atoms with van der Waals surface area (Å²) < 4.78 is 0. The van der Waals surface area contributed by atoms with Crippen LogP contribution < -0.4 is 10.6 Å². The van der Waals surface area contributed by atoms with Crippen LogP contribution in [0.5, 0.6) is 0 Å². The average molecular weight is 232 g/mol. The Morgan fingerprint density at radius 2 is 2.06 bits per heavy atom. The molecule has 1 atom stereocenters. The normalized spacial score (nSPS) is 20.0. The summed E-state index contributed by atoms with van der Waals surface area (Å²) in [4.78, 5) is 12.2. The molecule has 1 aliphatic rings. The van der Waals surface area contributed by atoms with E-state index in [0.717, 1.165) is 42.6 Å². The number of benzene rings is 1. The second-order valence-corrected chi connectivity index (χ2v) is 4.78. The first kappa shape index (κ1) is 12.1. The second-order valence-electron chi connectivity index (χ2n) is 4.78. The van der Waals surface area contributed by atoms with E-state index in [4.69, 9.17) is 0 Å². The van der Waals surface area contributed by atoms with Crippen LogP contribution in [0.3, 0.4) is 0 Å². The van der Waals surface area contributed by atoms with Gasteiger partial charge in [0.25, 0.3) is 5.91 Å². The van der Waals surface area contributed by atoms with Gasteiger partial charge in [-0.25, -0.2) is 0 Å². The van der Waals surface area contributed by atoms with Crippen molar-refractivity contribution in [2.75, 3.05) is 13.1 Å². The van der Waals surface area contributed by atoms with Crippen LogP contribution in [0.15, 0.2) is 18.2 Å². The van der Waals surface area contributed by atoms with Gasteiger partial charge in [-0.3, -0.25) is 4.79 Å². The van der Waals surface area contributed by atoms with Gasteiger partial charge in [0, 0.05) is 18.2 Å². The van der Waals surface area contributed by atoms with E-state index in [1.54, 1.807) is 0 Å². The van der Waals surface area contributed by atoms with E-state index in [1.807, 2.05) is 32.0 Å². The first-order chi connectivity index (χ1) is 8.18. The fraction of sp³-hybridized carbons (Fsp3) is 0.500. The van der Waals surface area contributed by atoms with Crippen molar-refractivity contribution in [3.8, 4) is 0 Å². The topological polar surface area (TPSA) is 41.1 Å². The summed E-state index contributed by atoms with van der Waals surface area (Å²) in [5, 5.41) is 6.42. The number of hydrogen-bond donors (Lipinski definition) is 2. The summed E-state index contributed by atoms with van der Waals surface area (Å²) in [6, 6.07) is 6.24. The van der Waals surface area contributed by atoms with Gasteiger partial charge in [0.1, 0.15) is 0 Å². The highest BCUT2D eigenvalue weighted by atomic mass is 16.1. The Balaban J connectivity index is 2.08. The van der Waals surface area contributed by atoms with E-state index >= 15 is 0 Å². The minimum atomic E-state index is 0.0642. The molecule has 1 saturated heterocycles. The number of nitrogens with one attached hydrogen (secondary N) is 2. The van der Waals surface area contributed by atoms with Gasteiger partial charge in [-0.1, -0.05) is 18.2 Å². The number of rotatable bonds is 2. The van der Waals surface area contributed by atoms with Crippen LogP contribution in [0.4, 0.5) is 0 Å². The van der Waals surface area contributed by atoms with Crippen LogP contribution in [0.25, 0.3) is 0 Å². The van der Waals surface area contributed by atoms with Crippen molar-refractivity contribution in [3.05, 3.63) is 34.9 Å². The summed E-state index contributed by atoms with van der Waals surface area (Å²) in [5.74, 6) is 0.0642. The SMILES string of the molecule is Cc1cccc(C)c1C(=O)N[C@@H]1CCCNC1. The molecule has 0 unspecified atom stereocenters. The van der Waals surface area contributed by atoms with Crippen LogP contribution >= 0.6 is 0 Å². The van der Waals surface area contributed by atoms with E-state index in [1.165, 1.54) is 0 Å². The highest BCUT2D eigenvalue weighted by molar-refractivity contribution is 5.97. The van der Waals surface area contributed by atoms with Crippen molar-refractivity contribution >= 4 is 5.91 Å². The predicted molar refractivity (Wildman–Crippen MR) is 69.3 cm³/mol. The number of carbonyl (C=O) groups is 1. The molecule has 1 aromatic rings. The molecule has 1 aliphatic heterocycles. The number of piperidine rings is 1. The summed E-state index contributed by atoms with van der Waals surface area (Å²) >= 11 is 0. The van der Waals surface area contributed by atoms with E-state index in [2.05, 4.69) is 10.6 Å². The van der Waals surface area contributed by atoms with Gasteiger partial charge in [0.2, 0.25) is 0 Å². The Morgan fingerprint density at radius 1 is 1.35 bits per heavy atom. The van der Waals surface area contributed by atoms with E-state index in [-0.39, 0.29) is 11.9 Å². The minimum Gasteiger partial charge on any atom is -0.348 e. The van der Waals surface area contributed by atoms with Crippen molar-refractivity contribution in [1.29, 1.82) is 0 Å². The van der Waals surface area contributed by atoms with Gasteiger partial charge >= 0.3 is 0 Å². The minimum absolute atomic E-state index is 0.0642. The summed E-state index contributed by atoms with van der Waals surface area (Å²) in [7, 11) is 0. The Labute approximate surface area is 103 Å². The highest BCUT2D eigenvalue weighted by Gasteiger charge is 2.18. The highest BCUT2D eigenvalue weighted by Crippen LogP contribution is 2.14.